The second kappa shape index (κ2) is 19.4. The normalized spacial score (nSPS) is 10.8. The first-order chi connectivity index (χ1) is 27.3. The maximum atomic E-state index is 12.5. The zero-order chi connectivity index (χ0) is 41.1. The number of urea groups is 1. The minimum absolute atomic E-state index is 0.00329. The standard InChI is InChI=1S/C21H24N6O3S.C18H19N5O2S/c1-4-22-20(30)27-21-26-16-10-13(8-9-17(16)31-21)11-23-18(28)14-6-5-7-15(25-14)19(29)24-12(2)3;1-10(2)21-17(25)13-5-3-4-12(22-13)16(24)20-9-11-6-7-15-14(8-11)23-18(19)26-15/h5-10,12H,4,11H2,1-3H3,(H,23,28)(H,24,29)(H2,22,26,27,30);3-8,10H,9H2,1-2H3,(H2,19,23)(H,20,24)(H,21,25). The van der Waals surface area contributed by atoms with E-state index in [9.17, 15) is 24.0 Å². The third kappa shape index (κ3) is 12.0. The molecule has 2 aromatic carbocycles. The fraction of sp³-hybridized carbons (Fsp3) is 0.256. The third-order valence-electron chi connectivity index (χ3n) is 7.65. The molecule has 0 atom stereocenters. The minimum atomic E-state index is -0.379. The maximum Gasteiger partial charge on any atom is 0.321 e. The molecule has 0 aliphatic rings. The summed E-state index contributed by atoms with van der Waals surface area (Å²) in [5.41, 5.74) is 9.77. The molecule has 6 rings (SSSR count). The monoisotopic (exact) mass is 809 g/mol. The molecule has 8 N–H and O–H groups in total. The number of carbonyl (C=O) groups is 5. The molecule has 4 heterocycles. The zero-order valence-corrected chi connectivity index (χ0v) is 33.6. The van der Waals surface area contributed by atoms with Crippen molar-refractivity contribution in [3.05, 3.63) is 107 Å². The number of benzene rings is 2. The molecular formula is C39H43N11O5S2. The van der Waals surface area contributed by atoms with Gasteiger partial charge in [-0.1, -0.05) is 46.9 Å². The predicted octanol–water partition coefficient (Wildman–Crippen LogP) is 5.24. The number of nitrogen functional groups attached to an aromatic ring is 1. The predicted molar refractivity (Wildman–Crippen MR) is 222 cm³/mol. The summed E-state index contributed by atoms with van der Waals surface area (Å²) in [4.78, 5) is 77.5. The Morgan fingerprint density at radius 3 is 1.53 bits per heavy atom. The van der Waals surface area contributed by atoms with Crippen molar-refractivity contribution in [3.63, 3.8) is 0 Å². The Morgan fingerprint density at radius 2 is 1.05 bits per heavy atom. The van der Waals surface area contributed by atoms with Gasteiger partial charge in [-0.05, 0) is 94.3 Å². The molecule has 0 saturated carbocycles. The molecule has 0 bridgehead atoms. The summed E-state index contributed by atoms with van der Waals surface area (Å²) >= 11 is 2.79. The topological polar surface area (TPSA) is 235 Å². The van der Waals surface area contributed by atoms with Crippen LogP contribution >= 0.6 is 22.7 Å². The molecule has 4 aromatic heterocycles. The van der Waals surface area contributed by atoms with Crippen molar-refractivity contribution in [3.8, 4) is 0 Å². The van der Waals surface area contributed by atoms with Crippen molar-refractivity contribution < 1.29 is 24.0 Å². The van der Waals surface area contributed by atoms with Gasteiger partial charge in [0.25, 0.3) is 23.6 Å². The largest absolute Gasteiger partial charge is 0.375 e. The molecule has 6 aromatic rings. The van der Waals surface area contributed by atoms with Gasteiger partial charge in [-0.3, -0.25) is 24.5 Å². The number of fused-ring (bicyclic) bond motifs is 2. The van der Waals surface area contributed by atoms with Crippen molar-refractivity contribution in [2.75, 3.05) is 17.6 Å². The summed E-state index contributed by atoms with van der Waals surface area (Å²) in [6, 6.07) is 20.6. The Kier molecular flexibility index (Phi) is 14.1. The number of hydrogen-bond acceptors (Lipinski definition) is 12. The van der Waals surface area contributed by atoms with Crippen LogP contribution in [0.5, 0.6) is 0 Å². The van der Waals surface area contributed by atoms with E-state index in [4.69, 9.17) is 5.73 Å². The van der Waals surface area contributed by atoms with Gasteiger partial charge in [0.1, 0.15) is 22.8 Å². The van der Waals surface area contributed by atoms with E-state index in [0.29, 0.717) is 23.4 Å². The van der Waals surface area contributed by atoms with Crippen LogP contribution in [0.1, 0.15) is 87.7 Å². The van der Waals surface area contributed by atoms with Gasteiger partial charge >= 0.3 is 6.03 Å². The lowest BCUT2D eigenvalue weighted by Gasteiger charge is -2.09. The Hall–Kier alpha value is -6.53. The first-order valence-corrected chi connectivity index (χ1v) is 19.6. The number of amides is 6. The number of hydrogen-bond donors (Lipinski definition) is 7. The van der Waals surface area contributed by atoms with E-state index in [1.165, 1.54) is 22.7 Å². The van der Waals surface area contributed by atoms with Crippen LogP contribution in [0.4, 0.5) is 15.1 Å². The van der Waals surface area contributed by atoms with E-state index in [-0.39, 0.29) is 71.1 Å². The molecule has 0 radical (unpaired) electrons. The number of pyridine rings is 2. The number of aromatic nitrogens is 4. The molecule has 0 spiro atoms. The third-order valence-corrected chi connectivity index (χ3v) is 9.47. The number of nitrogens with two attached hydrogens (primary N) is 1. The first kappa shape index (κ1) is 41.6. The van der Waals surface area contributed by atoms with Crippen LogP contribution in [-0.2, 0) is 13.1 Å². The molecule has 18 heteroatoms. The van der Waals surface area contributed by atoms with E-state index in [1.807, 2.05) is 71.0 Å². The average Bonchev–Trinajstić information content (AvgIpc) is 3.76. The number of nitrogens with zero attached hydrogens (tertiary/aromatic N) is 4. The lowest BCUT2D eigenvalue weighted by Crippen LogP contribution is -2.31. The van der Waals surface area contributed by atoms with Crippen molar-refractivity contribution in [1.29, 1.82) is 0 Å². The molecule has 296 valence electrons. The summed E-state index contributed by atoms with van der Waals surface area (Å²) < 4.78 is 1.93. The highest BCUT2D eigenvalue weighted by Gasteiger charge is 2.15. The van der Waals surface area contributed by atoms with Crippen LogP contribution in [0, 0.1) is 0 Å². The molecule has 6 amide bonds. The van der Waals surface area contributed by atoms with Gasteiger partial charge in [0.05, 0.1) is 20.4 Å². The quantitative estimate of drug-likeness (QED) is 0.0849. The molecule has 0 unspecified atom stereocenters. The number of carbonyl (C=O) groups excluding carboxylic acids is 5. The van der Waals surface area contributed by atoms with Crippen molar-refractivity contribution in [2.45, 2.75) is 59.8 Å². The lowest BCUT2D eigenvalue weighted by molar-refractivity contribution is 0.0920. The summed E-state index contributed by atoms with van der Waals surface area (Å²) in [5.74, 6) is -1.35. The second-order valence-corrected chi connectivity index (χ2v) is 15.2. The SMILES string of the molecule is CC(C)NC(=O)c1cccc(C(=O)NCc2ccc3sc(N)nc3c2)n1.CCNC(=O)Nc1nc2cc(CNC(=O)c3cccc(C(=O)NC(C)C)n3)ccc2s1. The van der Waals surface area contributed by atoms with Gasteiger partial charge in [0, 0.05) is 31.7 Å². The minimum Gasteiger partial charge on any atom is -0.375 e. The van der Waals surface area contributed by atoms with Crippen molar-refractivity contribution >= 4 is 83.0 Å². The van der Waals surface area contributed by atoms with E-state index < -0.39 is 0 Å². The maximum absolute atomic E-state index is 12.5. The van der Waals surface area contributed by atoms with E-state index >= 15 is 0 Å². The van der Waals surface area contributed by atoms with Gasteiger partial charge in [0.2, 0.25) is 0 Å². The number of nitrogens with one attached hydrogen (secondary N) is 6. The van der Waals surface area contributed by atoms with Crippen LogP contribution in [0.25, 0.3) is 20.4 Å². The Labute approximate surface area is 336 Å². The average molecular weight is 810 g/mol. The molecule has 0 fully saturated rings. The Morgan fingerprint density at radius 1 is 0.596 bits per heavy atom. The van der Waals surface area contributed by atoms with Gasteiger partial charge in [-0.2, -0.15) is 0 Å². The van der Waals surface area contributed by atoms with Gasteiger partial charge in [0.15, 0.2) is 10.3 Å². The summed E-state index contributed by atoms with van der Waals surface area (Å²) in [6.07, 6.45) is 0. The van der Waals surface area contributed by atoms with E-state index in [1.54, 1.807) is 36.4 Å². The smallest absolute Gasteiger partial charge is 0.321 e. The summed E-state index contributed by atoms with van der Waals surface area (Å²) in [7, 11) is 0. The molecule has 0 aliphatic heterocycles. The van der Waals surface area contributed by atoms with Gasteiger partial charge in [-0.15, -0.1) is 0 Å². The summed E-state index contributed by atoms with van der Waals surface area (Å²) in [5, 5.41) is 17.5. The number of thiazole rings is 2. The molecular weight excluding hydrogens is 767 g/mol. The highest BCUT2D eigenvalue weighted by Crippen LogP contribution is 2.27. The Bertz CT molecular complexity index is 2410. The van der Waals surface area contributed by atoms with Crippen molar-refractivity contribution in [1.82, 2.24) is 46.5 Å². The molecule has 0 aliphatic carbocycles. The highest BCUT2D eigenvalue weighted by molar-refractivity contribution is 7.22. The van der Waals surface area contributed by atoms with Crippen LogP contribution < -0.4 is 37.6 Å². The van der Waals surface area contributed by atoms with Gasteiger partial charge < -0.3 is 32.3 Å². The molecule has 57 heavy (non-hydrogen) atoms. The fourth-order valence-corrected chi connectivity index (χ4v) is 6.69. The van der Waals surface area contributed by atoms with E-state index in [0.717, 1.165) is 31.6 Å². The van der Waals surface area contributed by atoms with Crippen LogP contribution in [-0.4, -0.2) is 68.2 Å². The summed E-state index contributed by atoms with van der Waals surface area (Å²) in [6.45, 7) is 10.4. The first-order valence-electron chi connectivity index (χ1n) is 18.0. The zero-order valence-electron chi connectivity index (χ0n) is 31.9. The Balaban J connectivity index is 0.000000221. The number of anilines is 2. The van der Waals surface area contributed by atoms with Crippen LogP contribution in [0.3, 0.4) is 0 Å². The van der Waals surface area contributed by atoms with E-state index in [2.05, 4.69) is 51.8 Å². The van der Waals surface area contributed by atoms with Gasteiger partial charge in [-0.25, -0.2) is 24.7 Å². The molecule has 16 nitrogen and oxygen atoms in total. The van der Waals surface area contributed by atoms with Crippen molar-refractivity contribution in [2.24, 2.45) is 0 Å². The molecule has 0 saturated heterocycles. The fourth-order valence-electron chi connectivity index (χ4n) is 5.13. The van der Waals surface area contributed by atoms with Crippen LogP contribution in [0.15, 0.2) is 72.8 Å². The number of rotatable bonds is 12. The lowest BCUT2D eigenvalue weighted by atomic mass is 10.2. The highest BCUT2D eigenvalue weighted by atomic mass is 32.1. The van der Waals surface area contributed by atoms with Crippen LogP contribution in [0.2, 0.25) is 0 Å². The second-order valence-electron chi connectivity index (χ2n) is 13.1.